The van der Waals surface area contributed by atoms with Gasteiger partial charge in [-0.3, -0.25) is 0 Å². The molecule has 1 aromatic heterocycles. The Bertz CT molecular complexity index is 564. The van der Waals surface area contributed by atoms with Gasteiger partial charge in [0, 0.05) is 23.0 Å². The molecule has 0 saturated carbocycles. The highest BCUT2D eigenvalue weighted by atomic mass is 19.1. The summed E-state index contributed by atoms with van der Waals surface area (Å²) in [5.74, 6) is 0.183. The van der Waals surface area contributed by atoms with E-state index in [4.69, 9.17) is 5.11 Å². The SMILES string of the molecule is Cc1ccnc(-c2ccc(/C(F)=C/CO)cc2)n1. The average molecular weight is 244 g/mol. The van der Waals surface area contributed by atoms with Crippen LogP contribution in [-0.4, -0.2) is 21.7 Å². The van der Waals surface area contributed by atoms with Crippen LogP contribution in [0.1, 0.15) is 11.3 Å². The summed E-state index contributed by atoms with van der Waals surface area (Å²) in [5, 5.41) is 8.62. The number of hydrogen-bond donors (Lipinski definition) is 1. The lowest BCUT2D eigenvalue weighted by atomic mass is 10.1. The summed E-state index contributed by atoms with van der Waals surface area (Å²) >= 11 is 0. The summed E-state index contributed by atoms with van der Waals surface area (Å²) in [6.45, 7) is 1.58. The zero-order valence-corrected chi connectivity index (χ0v) is 9.97. The van der Waals surface area contributed by atoms with E-state index in [0.29, 0.717) is 11.4 Å². The Labute approximate surface area is 105 Å². The molecule has 1 N–H and O–H groups in total. The third kappa shape index (κ3) is 2.78. The first-order chi connectivity index (χ1) is 8.70. The van der Waals surface area contributed by atoms with E-state index in [2.05, 4.69) is 9.97 Å². The molecule has 0 saturated heterocycles. The van der Waals surface area contributed by atoms with Crippen molar-refractivity contribution in [1.82, 2.24) is 9.97 Å². The van der Waals surface area contributed by atoms with Crippen molar-refractivity contribution in [2.24, 2.45) is 0 Å². The minimum atomic E-state index is -0.436. The zero-order chi connectivity index (χ0) is 13.0. The lowest BCUT2D eigenvalue weighted by Crippen LogP contribution is -1.90. The average Bonchev–Trinajstić information content (AvgIpc) is 2.39. The lowest BCUT2D eigenvalue weighted by Gasteiger charge is -2.02. The van der Waals surface area contributed by atoms with Gasteiger partial charge in [-0.25, -0.2) is 14.4 Å². The first kappa shape index (κ1) is 12.4. The van der Waals surface area contributed by atoms with Crippen molar-refractivity contribution >= 4 is 5.83 Å². The van der Waals surface area contributed by atoms with Crippen molar-refractivity contribution in [1.29, 1.82) is 0 Å². The Hall–Kier alpha value is -2.07. The van der Waals surface area contributed by atoms with Crippen molar-refractivity contribution in [2.75, 3.05) is 6.61 Å². The van der Waals surface area contributed by atoms with Gasteiger partial charge in [0.25, 0.3) is 0 Å². The Balaban J connectivity index is 2.30. The maximum absolute atomic E-state index is 13.4. The van der Waals surface area contributed by atoms with Crippen molar-refractivity contribution in [3.8, 4) is 11.4 Å². The van der Waals surface area contributed by atoms with Crippen LogP contribution in [0.15, 0.2) is 42.6 Å². The maximum atomic E-state index is 13.4. The molecule has 2 aromatic rings. The maximum Gasteiger partial charge on any atom is 0.159 e. The van der Waals surface area contributed by atoms with Gasteiger partial charge in [-0.15, -0.1) is 0 Å². The first-order valence-electron chi connectivity index (χ1n) is 5.57. The van der Waals surface area contributed by atoms with Gasteiger partial charge >= 0.3 is 0 Å². The van der Waals surface area contributed by atoms with E-state index in [1.165, 1.54) is 0 Å². The Morgan fingerprint density at radius 3 is 2.61 bits per heavy atom. The van der Waals surface area contributed by atoms with Gasteiger partial charge in [-0.1, -0.05) is 24.3 Å². The van der Waals surface area contributed by atoms with Crippen LogP contribution in [0.25, 0.3) is 17.2 Å². The molecule has 0 spiro atoms. The van der Waals surface area contributed by atoms with Gasteiger partial charge in [0.2, 0.25) is 0 Å². The smallest absolute Gasteiger partial charge is 0.159 e. The molecule has 0 amide bonds. The summed E-state index contributed by atoms with van der Waals surface area (Å²) in [5.41, 5.74) is 2.15. The number of benzene rings is 1. The van der Waals surface area contributed by atoms with Gasteiger partial charge in [0.15, 0.2) is 5.82 Å². The van der Waals surface area contributed by atoms with Crippen molar-refractivity contribution in [2.45, 2.75) is 6.92 Å². The van der Waals surface area contributed by atoms with Gasteiger partial charge in [-0.2, -0.15) is 0 Å². The van der Waals surface area contributed by atoms with E-state index in [9.17, 15) is 4.39 Å². The van der Waals surface area contributed by atoms with Crippen LogP contribution in [0.5, 0.6) is 0 Å². The fourth-order valence-corrected chi connectivity index (χ4v) is 1.56. The molecule has 1 heterocycles. The summed E-state index contributed by atoms with van der Waals surface area (Å²) in [6.07, 6.45) is 2.82. The van der Waals surface area contributed by atoms with E-state index in [1.807, 2.05) is 13.0 Å². The number of rotatable bonds is 3. The second-order valence-corrected chi connectivity index (χ2v) is 3.83. The number of aliphatic hydroxyl groups is 1. The molecule has 0 radical (unpaired) electrons. The molecule has 18 heavy (non-hydrogen) atoms. The highest BCUT2D eigenvalue weighted by Gasteiger charge is 2.03. The fraction of sp³-hybridized carbons (Fsp3) is 0.143. The molecular formula is C14H13FN2O. The minimum absolute atomic E-state index is 0.311. The summed E-state index contributed by atoms with van der Waals surface area (Å²) < 4.78 is 13.4. The van der Waals surface area contributed by atoms with Crippen LogP contribution in [-0.2, 0) is 0 Å². The highest BCUT2D eigenvalue weighted by molar-refractivity contribution is 5.64. The quantitative estimate of drug-likeness (QED) is 0.903. The van der Waals surface area contributed by atoms with Crippen molar-refractivity contribution in [3.05, 3.63) is 53.9 Å². The normalized spacial score (nSPS) is 11.6. The third-order valence-corrected chi connectivity index (χ3v) is 2.48. The zero-order valence-electron chi connectivity index (χ0n) is 9.97. The molecule has 3 nitrogen and oxygen atoms in total. The number of halogens is 1. The number of hydrogen-bond acceptors (Lipinski definition) is 3. The molecule has 0 aliphatic rings. The topological polar surface area (TPSA) is 46.0 Å². The summed E-state index contributed by atoms with van der Waals surface area (Å²) in [4.78, 5) is 8.46. The van der Waals surface area contributed by atoms with E-state index >= 15 is 0 Å². The molecule has 0 aliphatic carbocycles. The number of aliphatic hydroxyl groups excluding tert-OH is 1. The molecular weight excluding hydrogens is 231 g/mol. The molecule has 0 bridgehead atoms. The Kier molecular flexibility index (Phi) is 3.79. The third-order valence-electron chi connectivity index (χ3n) is 2.48. The van der Waals surface area contributed by atoms with Crippen LogP contribution in [0.3, 0.4) is 0 Å². The van der Waals surface area contributed by atoms with Crippen LogP contribution >= 0.6 is 0 Å². The van der Waals surface area contributed by atoms with E-state index in [1.54, 1.807) is 30.5 Å². The van der Waals surface area contributed by atoms with Crippen molar-refractivity contribution in [3.63, 3.8) is 0 Å². The standard InChI is InChI=1S/C14H13FN2O/c1-10-6-8-16-14(17-10)12-4-2-11(3-5-12)13(15)7-9-18/h2-8,18H,9H2,1H3/b13-7-. The van der Waals surface area contributed by atoms with Gasteiger partial charge in [0.1, 0.15) is 5.83 Å². The Morgan fingerprint density at radius 2 is 2.00 bits per heavy atom. The highest BCUT2D eigenvalue weighted by Crippen LogP contribution is 2.20. The monoisotopic (exact) mass is 244 g/mol. The predicted molar refractivity (Wildman–Crippen MR) is 68.4 cm³/mol. The molecule has 0 fully saturated rings. The largest absolute Gasteiger partial charge is 0.392 e. The minimum Gasteiger partial charge on any atom is -0.392 e. The van der Waals surface area contributed by atoms with Gasteiger partial charge in [-0.05, 0) is 19.1 Å². The molecule has 1 aromatic carbocycles. The molecule has 4 heteroatoms. The van der Waals surface area contributed by atoms with Crippen LogP contribution in [0, 0.1) is 6.92 Å². The first-order valence-corrected chi connectivity index (χ1v) is 5.57. The second kappa shape index (κ2) is 5.51. The van der Waals surface area contributed by atoms with Crippen LogP contribution < -0.4 is 0 Å². The van der Waals surface area contributed by atoms with Gasteiger partial charge < -0.3 is 5.11 Å². The van der Waals surface area contributed by atoms with E-state index < -0.39 is 5.83 Å². The van der Waals surface area contributed by atoms with E-state index in [-0.39, 0.29) is 6.61 Å². The van der Waals surface area contributed by atoms with E-state index in [0.717, 1.165) is 17.3 Å². The van der Waals surface area contributed by atoms with Crippen LogP contribution in [0.4, 0.5) is 4.39 Å². The molecule has 0 atom stereocenters. The Morgan fingerprint density at radius 1 is 1.28 bits per heavy atom. The molecule has 0 aliphatic heterocycles. The summed E-state index contributed by atoms with van der Waals surface area (Å²) in [6, 6.07) is 8.62. The number of aryl methyl sites for hydroxylation is 1. The molecule has 0 unspecified atom stereocenters. The second-order valence-electron chi connectivity index (χ2n) is 3.83. The predicted octanol–water partition coefficient (Wildman–Crippen LogP) is 2.75. The van der Waals surface area contributed by atoms with Crippen molar-refractivity contribution < 1.29 is 9.50 Å². The summed E-state index contributed by atoms with van der Waals surface area (Å²) in [7, 11) is 0. The number of aromatic nitrogens is 2. The number of nitrogens with zero attached hydrogens (tertiary/aromatic N) is 2. The fourth-order valence-electron chi connectivity index (χ4n) is 1.56. The van der Waals surface area contributed by atoms with Crippen LogP contribution in [0.2, 0.25) is 0 Å². The molecule has 92 valence electrons. The van der Waals surface area contributed by atoms with Gasteiger partial charge in [0.05, 0.1) is 6.61 Å². The molecule has 2 rings (SSSR count). The lowest BCUT2D eigenvalue weighted by molar-refractivity contribution is 0.342.